The molecule has 8 heteroatoms. The number of nitrogens with zero attached hydrogens (tertiary/aromatic N) is 4. The third kappa shape index (κ3) is 4.69. The van der Waals surface area contributed by atoms with Crippen molar-refractivity contribution in [3.8, 4) is 0 Å². The van der Waals surface area contributed by atoms with E-state index in [4.69, 9.17) is 5.73 Å². The zero-order valence-corrected chi connectivity index (χ0v) is 15.0. The molecule has 1 aliphatic heterocycles. The molecular weight excluding hydrogens is 336 g/mol. The van der Waals surface area contributed by atoms with Crippen molar-refractivity contribution in [2.45, 2.75) is 13.5 Å². The number of hydrogen-bond acceptors (Lipinski definition) is 5. The number of aliphatic imine (C=N–C) groups is 1. The van der Waals surface area contributed by atoms with Crippen molar-refractivity contribution in [3.63, 3.8) is 0 Å². The number of guanidine groups is 1. The maximum atomic E-state index is 11.1. The summed E-state index contributed by atoms with van der Waals surface area (Å²) in [6.45, 7) is 5.44. The van der Waals surface area contributed by atoms with E-state index in [1.807, 2.05) is 35.8 Å². The lowest BCUT2D eigenvalue weighted by Gasteiger charge is -2.35. The Labute approximate surface area is 151 Å². The van der Waals surface area contributed by atoms with E-state index >= 15 is 0 Å². The Morgan fingerprint density at radius 1 is 1.36 bits per heavy atom. The molecule has 0 atom stereocenters. The van der Waals surface area contributed by atoms with Gasteiger partial charge in [0.05, 0.1) is 6.54 Å². The average Bonchev–Trinajstić information content (AvgIpc) is 3.14. The van der Waals surface area contributed by atoms with E-state index in [0.717, 1.165) is 42.6 Å². The standard InChI is InChI=1S/C17H22N6OS/c1-13(24)21-15-4-2-3-14(11-15)12-20-16(18)22-6-8-23(9-7-22)17-19-5-10-25-17/h2-5,10-11H,6-9,12H2,1H3,(H2,18,20)(H,21,24). The van der Waals surface area contributed by atoms with E-state index in [-0.39, 0.29) is 5.91 Å². The topological polar surface area (TPSA) is 86.8 Å². The summed E-state index contributed by atoms with van der Waals surface area (Å²) in [7, 11) is 0. The molecule has 132 valence electrons. The molecule has 0 aliphatic carbocycles. The zero-order chi connectivity index (χ0) is 17.6. The Bertz CT molecular complexity index is 737. The highest BCUT2D eigenvalue weighted by molar-refractivity contribution is 7.13. The van der Waals surface area contributed by atoms with Crippen LogP contribution in [0, 0.1) is 0 Å². The summed E-state index contributed by atoms with van der Waals surface area (Å²) in [5, 5.41) is 5.83. The van der Waals surface area contributed by atoms with Gasteiger partial charge < -0.3 is 20.9 Å². The SMILES string of the molecule is CC(=O)Nc1cccc(CN=C(N)N2CCN(c3nccs3)CC2)c1. The molecule has 0 radical (unpaired) electrons. The predicted octanol–water partition coefficient (Wildman–Crippen LogP) is 1.74. The van der Waals surface area contributed by atoms with Gasteiger partial charge in [0.15, 0.2) is 11.1 Å². The number of nitrogens with one attached hydrogen (secondary N) is 1. The largest absolute Gasteiger partial charge is 0.370 e. The number of benzene rings is 1. The fourth-order valence-electron chi connectivity index (χ4n) is 2.72. The van der Waals surface area contributed by atoms with Gasteiger partial charge in [0.2, 0.25) is 5.91 Å². The molecule has 2 heterocycles. The first-order valence-electron chi connectivity index (χ1n) is 8.17. The van der Waals surface area contributed by atoms with Crippen molar-refractivity contribution < 1.29 is 4.79 Å². The van der Waals surface area contributed by atoms with E-state index in [0.29, 0.717) is 12.5 Å². The first-order valence-corrected chi connectivity index (χ1v) is 9.05. The number of nitrogens with two attached hydrogens (primary N) is 1. The Morgan fingerprint density at radius 3 is 2.84 bits per heavy atom. The second-order valence-electron chi connectivity index (χ2n) is 5.84. The van der Waals surface area contributed by atoms with Crippen LogP contribution in [-0.2, 0) is 11.3 Å². The molecule has 7 nitrogen and oxygen atoms in total. The molecule has 1 fully saturated rings. The minimum absolute atomic E-state index is 0.0849. The number of anilines is 2. The lowest BCUT2D eigenvalue weighted by molar-refractivity contribution is -0.114. The summed E-state index contributed by atoms with van der Waals surface area (Å²) in [6.07, 6.45) is 1.83. The van der Waals surface area contributed by atoms with Crippen LogP contribution in [0.1, 0.15) is 12.5 Å². The number of aromatic nitrogens is 1. The van der Waals surface area contributed by atoms with Gasteiger partial charge in [0.1, 0.15) is 0 Å². The quantitative estimate of drug-likeness (QED) is 0.642. The van der Waals surface area contributed by atoms with Crippen molar-refractivity contribution in [3.05, 3.63) is 41.4 Å². The van der Waals surface area contributed by atoms with Crippen molar-refractivity contribution >= 4 is 34.0 Å². The van der Waals surface area contributed by atoms with Crippen molar-refractivity contribution in [2.24, 2.45) is 10.7 Å². The normalized spacial score (nSPS) is 15.3. The van der Waals surface area contributed by atoms with Gasteiger partial charge >= 0.3 is 0 Å². The number of piperazine rings is 1. The highest BCUT2D eigenvalue weighted by atomic mass is 32.1. The van der Waals surface area contributed by atoms with E-state index in [2.05, 4.69) is 25.1 Å². The van der Waals surface area contributed by atoms with Crippen LogP contribution in [0.15, 0.2) is 40.8 Å². The summed E-state index contributed by atoms with van der Waals surface area (Å²) >= 11 is 1.66. The zero-order valence-electron chi connectivity index (χ0n) is 14.2. The summed E-state index contributed by atoms with van der Waals surface area (Å²) < 4.78 is 0. The van der Waals surface area contributed by atoms with Crippen LogP contribution in [0.4, 0.5) is 10.8 Å². The van der Waals surface area contributed by atoms with Gasteiger partial charge in [-0.2, -0.15) is 0 Å². The number of carbonyl (C=O) groups is 1. The number of amides is 1. The van der Waals surface area contributed by atoms with Crippen molar-refractivity contribution in [1.82, 2.24) is 9.88 Å². The van der Waals surface area contributed by atoms with Gasteiger partial charge in [-0.15, -0.1) is 11.3 Å². The van der Waals surface area contributed by atoms with Crippen LogP contribution in [0.5, 0.6) is 0 Å². The molecule has 1 aromatic heterocycles. The number of rotatable bonds is 4. The molecule has 1 aromatic carbocycles. The Balaban J connectivity index is 1.55. The molecule has 1 saturated heterocycles. The fourth-order valence-corrected chi connectivity index (χ4v) is 3.42. The van der Waals surface area contributed by atoms with Crippen molar-refractivity contribution in [1.29, 1.82) is 0 Å². The second-order valence-corrected chi connectivity index (χ2v) is 6.72. The molecule has 0 bridgehead atoms. The minimum atomic E-state index is -0.0849. The highest BCUT2D eigenvalue weighted by Gasteiger charge is 2.19. The van der Waals surface area contributed by atoms with E-state index in [1.165, 1.54) is 6.92 Å². The van der Waals surface area contributed by atoms with Crippen LogP contribution < -0.4 is 16.0 Å². The van der Waals surface area contributed by atoms with Crippen LogP contribution in [0.3, 0.4) is 0 Å². The Morgan fingerprint density at radius 2 is 2.16 bits per heavy atom. The van der Waals surface area contributed by atoms with E-state index in [9.17, 15) is 4.79 Å². The van der Waals surface area contributed by atoms with Gasteiger partial charge in [0, 0.05) is 50.4 Å². The smallest absolute Gasteiger partial charge is 0.221 e. The molecule has 1 amide bonds. The van der Waals surface area contributed by atoms with Gasteiger partial charge in [-0.1, -0.05) is 12.1 Å². The monoisotopic (exact) mass is 358 g/mol. The second kappa shape index (κ2) is 7.98. The van der Waals surface area contributed by atoms with Crippen LogP contribution in [0.25, 0.3) is 0 Å². The molecule has 1 aliphatic rings. The lowest BCUT2D eigenvalue weighted by Crippen LogP contribution is -2.51. The van der Waals surface area contributed by atoms with Crippen LogP contribution >= 0.6 is 11.3 Å². The predicted molar refractivity (Wildman–Crippen MR) is 102 cm³/mol. The van der Waals surface area contributed by atoms with Gasteiger partial charge in [-0.05, 0) is 17.7 Å². The lowest BCUT2D eigenvalue weighted by atomic mass is 10.2. The van der Waals surface area contributed by atoms with E-state index in [1.54, 1.807) is 11.3 Å². The molecule has 2 aromatic rings. The van der Waals surface area contributed by atoms with Gasteiger partial charge in [-0.25, -0.2) is 9.98 Å². The van der Waals surface area contributed by atoms with Crippen LogP contribution in [-0.4, -0.2) is 47.9 Å². The molecule has 0 saturated carbocycles. The molecule has 3 rings (SSSR count). The number of carbonyl (C=O) groups excluding carboxylic acids is 1. The molecule has 3 N–H and O–H groups in total. The van der Waals surface area contributed by atoms with Gasteiger partial charge in [0.25, 0.3) is 0 Å². The summed E-state index contributed by atoms with van der Waals surface area (Å²) in [5.41, 5.74) is 7.94. The molecule has 0 unspecified atom stereocenters. The average molecular weight is 358 g/mol. The first-order chi connectivity index (χ1) is 12.1. The summed E-state index contributed by atoms with van der Waals surface area (Å²) in [4.78, 5) is 24.4. The molecular formula is C17H22N6OS. The maximum absolute atomic E-state index is 11.1. The fraction of sp³-hybridized carbons (Fsp3) is 0.353. The number of thiazole rings is 1. The molecule has 0 spiro atoms. The highest BCUT2D eigenvalue weighted by Crippen LogP contribution is 2.19. The first kappa shape index (κ1) is 17.2. The third-order valence-corrected chi connectivity index (χ3v) is 4.80. The molecule has 25 heavy (non-hydrogen) atoms. The van der Waals surface area contributed by atoms with Crippen LogP contribution in [0.2, 0.25) is 0 Å². The Kier molecular flexibility index (Phi) is 5.49. The third-order valence-electron chi connectivity index (χ3n) is 3.96. The Hall–Kier alpha value is -2.61. The van der Waals surface area contributed by atoms with Crippen molar-refractivity contribution in [2.75, 3.05) is 36.4 Å². The summed E-state index contributed by atoms with van der Waals surface area (Å²) in [6, 6.07) is 7.65. The number of hydrogen-bond donors (Lipinski definition) is 2. The van der Waals surface area contributed by atoms with Gasteiger partial charge in [-0.3, -0.25) is 4.79 Å². The summed E-state index contributed by atoms with van der Waals surface area (Å²) in [5.74, 6) is 0.474. The minimum Gasteiger partial charge on any atom is -0.370 e. The van der Waals surface area contributed by atoms with E-state index < -0.39 is 0 Å². The maximum Gasteiger partial charge on any atom is 0.221 e.